The second-order valence-electron chi connectivity index (χ2n) is 4.29. The lowest BCUT2D eigenvalue weighted by Gasteiger charge is -2.21. The molecule has 0 saturated heterocycles. The second kappa shape index (κ2) is 3.77. The summed E-state index contributed by atoms with van der Waals surface area (Å²) in [6, 6.07) is 0. The van der Waals surface area contributed by atoms with Crippen molar-refractivity contribution in [3.8, 4) is 0 Å². The van der Waals surface area contributed by atoms with Crippen molar-refractivity contribution in [1.82, 2.24) is 10.1 Å². The average molecular weight is 208 g/mol. The number of rotatable bonds is 2. The van der Waals surface area contributed by atoms with Gasteiger partial charge in [0.2, 0.25) is 0 Å². The summed E-state index contributed by atoms with van der Waals surface area (Å²) in [5.74, 6) is 0.707. The van der Waals surface area contributed by atoms with E-state index in [1.165, 1.54) is 0 Å². The van der Waals surface area contributed by atoms with Crippen LogP contribution in [-0.4, -0.2) is 29.4 Å². The van der Waals surface area contributed by atoms with Gasteiger partial charge in [-0.15, -0.1) is 0 Å². The van der Waals surface area contributed by atoms with Gasteiger partial charge in [-0.05, 0) is 20.9 Å². The minimum Gasteiger partial charge on any atom is -0.360 e. The summed E-state index contributed by atoms with van der Waals surface area (Å²) >= 11 is 0. The third kappa shape index (κ3) is 1.81. The fourth-order valence-corrected chi connectivity index (χ4v) is 1.89. The molecule has 1 aliphatic heterocycles. The summed E-state index contributed by atoms with van der Waals surface area (Å²) < 4.78 is 5.29. The Morgan fingerprint density at radius 3 is 3.00 bits per heavy atom. The number of hydrogen-bond donors (Lipinski definition) is 0. The number of carbonyl (C=O) groups is 1. The molecule has 0 saturated carbocycles. The SMILES string of the molecule is CC(=O)C(C)c1onc2c1CN(C)CC2. The van der Waals surface area contributed by atoms with Gasteiger partial charge in [0.15, 0.2) is 5.76 Å². The molecular formula is C11H16N2O2. The molecule has 0 aromatic carbocycles. The van der Waals surface area contributed by atoms with E-state index in [0.29, 0.717) is 0 Å². The smallest absolute Gasteiger partial charge is 0.151 e. The van der Waals surface area contributed by atoms with Crippen LogP contribution >= 0.6 is 0 Å². The van der Waals surface area contributed by atoms with Gasteiger partial charge in [0.25, 0.3) is 0 Å². The van der Waals surface area contributed by atoms with Crippen LogP contribution in [0.15, 0.2) is 4.52 Å². The van der Waals surface area contributed by atoms with E-state index in [4.69, 9.17) is 4.52 Å². The van der Waals surface area contributed by atoms with Crippen LogP contribution < -0.4 is 0 Å². The van der Waals surface area contributed by atoms with Crippen molar-refractivity contribution in [3.05, 3.63) is 17.0 Å². The molecule has 4 nitrogen and oxygen atoms in total. The van der Waals surface area contributed by atoms with Crippen molar-refractivity contribution in [3.63, 3.8) is 0 Å². The largest absolute Gasteiger partial charge is 0.360 e. The quantitative estimate of drug-likeness (QED) is 0.736. The molecule has 82 valence electrons. The van der Waals surface area contributed by atoms with E-state index in [1.807, 2.05) is 6.92 Å². The minimum atomic E-state index is -0.173. The van der Waals surface area contributed by atoms with Crippen LogP contribution in [0.3, 0.4) is 0 Å². The van der Waals surface area contributed by atoms with Crippen LogP contribution in [0.25, 0.3) is 0 Å². The first-order valence-corrected chi connectivity index (χ1v) is 5.26. The standard InChI is InChI=1S/C11H16N2O2/c1-7(8(2)14)11-9-6-13(3)5-4-10(9)12-15-11/h7H,4-6H2,1-3H3. The Hall–Kier alpha value is -1.16. The topological polar surface area (TPSA) is 46.3 Å². The van der Waals surface area contributed by atoms with E-state index in [0.717, 1.165) is 36.5 Å². The van der Waals surface area contributed by atoms with Crippen molar-refractivity contribution >= 4 is 5.78 Å². The predicted molar refractivity (Wildman–Crippen MR) is 55.6 cm³/mol. The molecule has 0 bridgehead atoms. The molecule has 1 atom stereocenters. The first-order valence-electron chi connectivity index (χ1n) is 5.26. The maximum atomic E-state index is 11.3. The molecule has 0 spiro atoms. The van der Waals surface area contributed by atoms with Crippen LogP contribution in [0.2, 0.25) is 0 Å². The van der Waals surface area contributed by atoms with Gasteiger partial charge in [-0.3, -0.25) is 4.79 Å². The van der Waals surface area contributed by atoms with Gasteiger partial charge in [0, 0.05) is 25.1 Å². The summed E-state index contributed by atoms with van der Waals surface area (Å²) in [4.78, 5) is 13.5. The maximum Gasteiger partial charge on any atom is 0.151 e. The van der Waals surface area contributed by atoms with Crippen LogP contribution in [0.4, 0.5) is 0 Å². The second-order valence-corrected chi connectivity index (χ2v) is 4.29. The Kier molecular flexibility index (Phi) is 2.61. The van der Waals surface area contributed by atoms with Crippen molar-refractivity contribution in [1.29, 1.82) is 0 Å². The van der Waals surface area contributed by atoms with Gasteiger partial charge < -0.3 is 9.42 Å². The number of aromatic nitrogens is 1. The molecule has 1 aliphatic rings. The zero-order valence-corrected chi connectivity index (χ0v) is 9.41. The van der Waals surface area contributed by atoms with Gasteiger partial charge in [0.05, 0.1) is 11.6 Å². The van der Waals surface area contributed by atoms with Gasteiger partial charge in [-0.25, -0.2) is 0 Å². The summed E-state index contributed by atoms with van der Waals surface area (Å²) in [6.07, 6.45) is 0.917. The van der Waals surface area contributed by atoms with Gasteiger partial charge in [-0.2, -0.15) is 0 Å². The highest BCUT2D eigenvalue weighted by atomic mass is 16.5. The molecule has 1 aromatic heterocycles. The summed E-state index contributed by atoms with van der Waals surface area (Å²) in [7, 11) is 2.07. The third-order valence-electron chi connectivity index (χ3n) is 3.06. The number of nitrogens with zero attached hydrogens (tertiary/aromatic N) is 2. The number of fused-ring (bicyclic) bond motifs is 1. The molecule has 1 aromatic rings. The minimum absolute atomic E-state index is 0.127. The molecule has 0 fully saturated rings. The Morgan fingerprint density at radius 2 is 2.33 bits per heavy atom. The molecule has 15 heavy (non-hydrogen) atoms. The Bertz CT molecular complexity index is 384. The van der Waals surface area contributed by atoms with E-state index in [2.05, 4.69) is 17.1 Å². The van der Waals surface area contributed by atoms with E-state index < -0.39 is 0 Å². The summed E-state index contributed by atoms with van der Waals surface area (Å²) in [5.41, 5.74) is 2.14. The van der Waals surface area contributed by atoms with Crippen molar-refractivity contribution in [2.75, 3.05) is 13.6 Å². The van der Waals surface area contributed by atoms with Crippen LogP contribution in [0.1, 0.15) is 36.8 Å². The molecule has 2 rings (SSSR count). The van der Waals surface area contributed by atoms with E-state index in [9.17, 15) is 4.79 Å². The number of likely N-dealkylation sites (N-methyl/N-ethyl adjacent to an activating group) is 1. The number of ketones is 1. The summed E-state index contributed by atoms with van der Waals surface area (Å²) in [6.45, 7) is 5.31. The van der Waals surface area contributed by atoms with E-state index >= 15 is 0 Å². The van der Waals surface area contributed by atoms with Crippen molar-refractivity contribution in [2.45, 2.75) is 32.7 Å². The van der Waals surface area contributed by atoms with Gasteiger partial charge in [0.1, 0.15) is 5.78 Å². The van der Waals surface area contributed by atoms with Crippen LogP contribution in [-0.2, 0) is 17.8 Å². The summed E-state index contributed by atoms with van der Waals surface area (Å²) in [5, 5.41) is 4.04. The predicted octanol–water partition coefficient (Wildman–Crippen LogP) is 1.35. The van der Waals surface area contributed by atoms with Crippen LogP contribution in [0, 0.1) is 0 Å². The maximum absolute atomic E-state index is 11.3. The zero-order chi connectivity index (χ0) is 11.0. The van der Waals surface area contributed by atoms with Gasteiger partial charge >= 0.3 is 0 Å². The first-order chi connectivity index (χ1) is 7.09. The fourth-order valence-electron chi connectivity index (χ4n) is 1.89. The van der Waals surface area contributed by atoms with Crippen molar-refractivity contribution < 1.29 is 9.32 Å². The van der Waals surface area contributed by atoms with E-state index in [-0.39, 0.29) is 11.7 Å². The van der Waals surface area contributed by atoms with Crippen molar-refractivity contribution in [2.24, 2.45) is 0 Å². The third-order valence-corrected chi connectivity index (χ3v) is 3.06. The average Bonchev–Trinajstić information content (AvgIpc) is 2.59. The lowest BCUT2D eigenvalue weighted by molar-refractivity contribution is -0.118. The van der Waals surface area contributed by atoms with E-state index in [1.54, 1.807) is 6.92 Å². The molecule has 0 radical (unpaired) electrons. The fraction of sp³-hybridized carbons (Fsp3) is 0.636. The lowest BCUT2D eigenvalue weighted by Crippen LogP contribution is -2.27. The number of Topliss-reactive ketones (excluding diaryl/α,β-unsaturated/α-hetero) is 1. The highest BCUT2D eigenvalue weighted by Crippen LogP contribution is 2.27. The first kappa shape index (κ1) is 10.4. The molecule has 0 aliphatic carbocycles. The normalized spacial score (nSPS) is 18.6. The zero-order valence-electron chi connectivity index (χ0n) is 9.41. The highest BCUT2D eigenvalue weighted by Gasteiger charge is 2.26. The molecule has 1 unspecified atom stereocenters. The molecule has 4 heteroatoms. The number of carbonyl (C=O) groups excluding carboxylic acids is 1. The molecule has 0 amide bonds. The Labute approximate surface area is 89.2 Å². The molecular weight excluding hydrogens is 192 g/mol. The monoisotopic (exact) mass is 208 g/mol. The highest BCUT2D eigenvalue weighted by molar-refractivity contribution is 5.82. The molecule has 2 heterocycles. The number of hydrogen-bond acceptors (Lipinski definition) is 4. The lowest BCUT2D eigenvalue weighted by atomic mass is 9.97. The Balaban J connectivity index is 2.34. The van der Waals surface area contributed by atoms with Crippen LogP contribution in [0.5, 0.6) is 0 Å². The Morgan fingerprint density at radius 1 is 1.60 bits per heavy atom. The molecule has 0 N–H and O–H groups in total. The van der Waals surface area contributed by atoms with Gasteiger partial charge in [-0.1, -0.05) is 5.16 Å².